The molecule has 4 nitrogen and oxygen atoms in total. The zero-order chi connectivity index (χ0) is 14.4. The highest BCUT2D eigenvalue weighted by Crippen LogP contribution is 2.25. The molecule has 0 spiro atoms. The molecular formula is C15H21NO3S. The number of benzene rings is 1. The van der Waals surface area contributed by atoms with Gasteiger partial charge in [0, 0.05) is 31.1 Å². The van der Waals surface area contributed by atoms with E-state index in [1.807, 2.05) is 30.0 Å². The fourth-order valence-electron chi connectivity index (χ4n) is 2.32. The number of rotatable bonds is 5. The molecule has 1 aliphatic rings. The largest absolute Gasteiger partial charge is 0.464 e. The van der Waals surface area contributed by atoms with Crippen LogP contribution in [-0.2, 0) is 15.1 Å². The second-order valence-corrected chi connectivity index (χ2v) is 6.06. The first kappa shape index (κ1) is 15.4. The number of aliphatic hydroxyl groups is 1. The van der Waals surface area contributed by atoms with Crippen LogP contribution in [-0.4, -0.2) is 53.7 Å². The first-order valence-corrected chi connectivity index (χ1v) is 8.07. The van der Waals surface area contributed by atoms with Gasteiger partial charge in [0.1, 0.15) is 0 Å². The molecule has 1 atom stereocenters. The average Bonchev–Trinajstić information content (AvgIpc) is 2.49. The molecule has 1 aromatic carbocycles. The van der Waals surface area contributed by atoms with Gasteiger partial charge in [0.15, 0.2) is 5.60 Å². The SMILES string of the molecule is CCOC(=O)C(O)(CN1CCSCC1)c1ccccc1. The Kier molecular flexibility index (Phi) is 5.46. The van der Waals surface area contributed by atoms with Crippen LogP contribution in [0.3, 0.4) is 0 Å². The lowest BCUT2D eigenvalue weighted by molar-refractivity contribution is -0.168. The van der Waals surface area contributed by atoms with Crippen molar-refractivity contribution in [2.24, 2.45) is 0 Å². The van der Waals surface area contributed by atoms with E-state index < -0.39 is 11.6 Å². The van der Waals surface area contributed by atoms with Gasteiger partial charge < -0.3 is 9.84 Å². The molecular weight excluding hydrogens is 274 g/mol. The number of β-amino-alcohol motifs (C(OH)–C–C–N with tert-alkyl or cyclic N) is 1. The number of carbonyl (C=O) groups excluding carboxylic acids is 1. The van der Waals surface area contributed by atoms with E-state index in [9.17, 15) is 9.90 Å². The quantitative estimate of drug-likeness (QED) is 0.834. The van der Waals surface area contributed by atoms with E-state index in [0.29, 0.717) is 5.56 Å². The molecule has 1 aromatic rings. The van der Waals surface area contributed by atoms with E-state index >= 15 is 0 Å². The Morgan fingerprint density at radius 3 is 2.60 bits per heavy atom. The summed E-state index contributed by atoms with van der Waals surface area (Å²) in [6.07, 6.45) is 0. The van der Waals surface area contributed by atoms with Crippen LogP contribution in [0.5, 0.6) is 0 Å². The Labute approximate surface area is 124 Å². The lowest BCUT2D eigenvalue weighted by Gasteiger charge is -2.34. The van der Waals surface area contributed by atoms with Crippen LogP contribution in [0.4, 0.5) is 0 Å². The van der Waals surface area contributed by atoms with Gasteiger partial charge >= 0.3 is 5.97 Å². The van der Waals surface area contributed by atoms with Crippen molar-refractivity contribution in [2.45, 2.75) is 12.5 Å². The molecule has 1 heterocycles. The number of hydrogen-bond acceptors (Lipinski definition) is 5. The van der Waals surface area contributed by atoms with E-state index in [2.05, 4.69) is 4.90 Å². The Morgan fingerprint density at radius 1 is 1.35 bits per heavy atom. The predicted octanol–water partition coefficient (Wildman–Crippen LogP) is 1.49. The van der Waals surface area contributed by atoms with Crippen molar-refractivity contribution in [3.05, 3.63) is 35.9 Å². The first-order chi connectivity index (χ1) is 9.66. The summed E-state index contributed by atoms with van der Waals surface area (Å²) in [5.41, 5.74) is -0.990. The smallest absolute Gasteiger partial charge is 0.344 e. The van der Waals surface area contributed by atoms with E-state index in [1.54, 1.807) is 19.1 Å². The molecule has 0 amide bonds. The highest BCUT2D eigenvalue weighted by Gasteiger charge is 2.41. The highest BCUT2D eigenvalue weighted by atomic mass is 32.2. The molecule has 1 N–H and O–H groups in total. The van der Waals surface area contributed by atoms with Gasteiger partial charge in [0.05, 0.1) is 6.61 Å². The lowest BCUT2D eigenvalue weighted by Crippen LogP contribution is -2.49. The maximum Gasteiger partial charge on any atom is 0.344 e. The van der Waals surface area contributed by atoms with Crippen LogP contribution in [0.15, 0.2) is 30.3 Å². The Hall–Kier alpha value is -1.04. The molecule has 2 rings (SSSR count). The fraction of sp³-hybridized carbons (Fsp3) is 0.533. The molecule has 0 aromatic heterocycles. The van der Waals surface area contributed by atoms with Crippen molar-refractivity contribution >= 4 is 17.7 Å². The maximum atomic E-state index is 12.2. The van der Waals surface area contributed by atoms with Gasteiger partial charge in [-0.15, -0.1) is 0 Å². The molecule has 1 fully saturated rings. The Bertz CT molecular complexity index is 434. The molecule has 0 saturated carbocycles. The number of esters is 1. The van der Waals surface area contributed by atoms with Crippen molar-refractivity contribution < 1.29 is 14.6 Å². The first-order valence-electron chi connectivity index (χ1n) is 6.92. The van der Waals surface area contributed by atoms with Crippen LogP contribution >= 0.6 is 11.8 Å². The van der Waals surface area contributed by atoms with Gasteiger partial charge in [-0.25, -0.2) is 4.79 Å². The van der Waals surface area contributed by atoms with Crippen LogP contribution in [0.25, 0.3) is 0 Å². The minimum atomic E-state index is -1.58. The average molecular weight is 295 g/mol. The van der Waals surface area contributed by atoms with Gasteiger partial charge in [0.25, 0.3) is 0 Å². The standard InChI is InChI=1S/C15H21NO3S/c1-2-19-14(17)15(18,13-6-4-3-5-7-13)12-16-8-10-20-11-9-16/h3-7,18H,2,8-12H2,1H3. The van der Waals surface area contributed by atoms with Crippen LogP contribution < -0.4 is 0 Å². The van der Waals surface area contributed by atoms with Crippen molar-refractivity contribution in [3.8, 4) is 0 Å². The van der Waals surface area contributed by atoms with Crippen molar-refractivity contribution in [1.82, 2.24) is 4.90 Å². The van der Waals surface area contributed by atoms with E-state index in [-0.39, 0.29) is 13.2 Å². The lowest BCUT2D eigenvalue weighted by atomic mass is 9.93. The third kappa shape index (κ3) is 3.53. The molecule has 0 radical (unpaired) electrons. The summed E-state index contributed by atoms with van der Waals surface area (Å²) in [5, 5.41) is 10.9. The van der Waals surface area contributed by atoms with Crippen LogP contribution in [0.2, 0.25) is 0 Å². The Morgan fingerprint density at radius 2 is 2.00 bits per heavy atom. The summed E-state index contributed by atoms with van der Waals surface area (Å²) >= 11 is 1.90. The van der Waals surface area contributed by atoms with Gasteiger partial charge in [-0.1, -0.05) is 30.3 Å². The van der Waals surface area contributed by atoms with Crippen molar-refractivity contribution in [3.63, 3.8) is 0 Å². The number of hydrogen-bond donors (Lipinski definition) is 1. The van der Waals surface area contributed by atoms with E-state index in [0.717, 1.165) is 24.6 Å². The third-order valence-corrected chi connectivity index (χ3v) is 4.36. The third-order valence-electron chi connectivity index (χ3n) is 3.42. The van der Waals surface area contributed by atoms with Crippen molar-refractivity contribution in [1.29, 1.82) is 0 Å². The van der Waals surface area contributed by atoms with Gasteiger partial charge in [0.2, 0.25) is 0 Å². The van der Waals surface area contributed by atoms with E-state index in [1.165, 1.54) is 0 Å². The number of thioether (sulfide) groups is 1. The molecule has 110 valence electrons. The van der Waals surface area contributed by atoms with Crippen LogP contribution in [0, 0.1) is 0 Å². The summed E-state index contributed by atoms with van der Waals surface area (Å²) < 4.78 is 5.08. The van der Waals surface area contributed by atoms with Gasteiger partial charge in [-0.05, 0) is 12.5 Å². The van der Waals surface area contributed by atoms with Crippen molar-refractivity contribution in [2.75, 3.05) is 37.7 Å². The van der Waals surface area contributed by atoms with E-state index in [4.69, 9.17) is 4.74 Å². The topological polar surface area (TPSA) is 49.8 Å². The van der Waals surface area contributed by atoms with Gasteiger partial charge in [-0.3, -0.25) is 4.90 Å². The normalized spacial score (nSPS) is 19.3. The summed E-state index contributed by atoms with van der Waals surface area (Å²) in [4.78, 5) is 14.4. The molecule has 20 heavy (non-hydrogen) atoms. The number of nitrogens with zero attached hydrogens (tertiary/aromatic N) is 1. The minimum Gasteiger partial charge on any atom is -0.464 e. The maximum absolute atomic E-state index is 12.2. The molecule has 1 saturated heterocycles. The number of carbonyl (C=O) groups is 1. The molecule has 0 bridgehead atoms. The summed E-state index contributed by atoms with van der Waals surface area (Å²) in [6, 6.07) is 9.06. The molecule has 1 aliphatic heterocycles. The zero-order valence-corrected chi connectivity index (χ0v) is 12.6. The fourth-order valence-corrected chi connectivity index (χ4v) is 3.30. The Balaban J connectivity index is 2.21. The second kappa shape index (κ2) is 7.11. The second-order valence-electron chi connectivity index (χ2n) is 4.84. The van der Waals surface area contributed by atoms with Gasteiger partial charge in [-0.2, -0.15) is 11.8 Å². The monoisotopic (exact) mass is 295 g/mol. The minimum absolute atomic E-state index is 0.268. The number of ether oxygens (including phenoxy) is 1. The van der Waals surface area contributed by atoms with Crippen LogP contribution in [0.1, 0.15) is 12.5 Å². The summed E-state index contributed by atoms with van der Waals surface area (Å²) in [7, 11) is 0. The molecule has 5 heteroatoms. The predicted molar refractivity (Wildman–Crippen MR) is 80.7 cm³/mol. The summed E-state index contributed by atoms with van der Waals surface area (Å²) in [5.74, 6) is 1.51. The molecule has 0 aliphatic carbocycles. The summed E-state index contributed by atoms with van der Waals surface area (Å²) in [6.45, 7) is 4.08. The molecule has 1 unspecified atom stereocenters. The zero-order valence-electron chi connectivity index (χ0n) is 11.7. The highest BCUT2D eigenvalue weighted by molar-refractivity contribution is 7.99.